The smallest absolute Gasteiger partial charge is 0.293 e. The fourth-order valence-electron chi connectivity index (χ4n) is 2.20. The lowest BCUT2D eigenvalue weighted by molar-refractivity contribution is 0.0944. The molecular weight excluding hydrogens is 376 g/mol. The molecule has 0 bridgehead atoms. The van der Waals surface area contributed by atoms with Crippen LogP contribution in [0.1, 0.15) is 28.7 Å². The van der Waals surface area contributed by atoms with Crippen LogP contribution in [0.15, 0.2) is 34.0 Å². The maximum atomic E-state index is 12.5. The van der Waals surface area contributed by atoms with Crippen LogP contribution in [0.3, 0.4) is 0 Å². The van der Waals surface area contributed by atoms with Gasteiger partial charge in [-0.15, -0.1) is 5.10 Å². The summed E-state index contributed by atoms with van der Waals surface area (Å²) in [5.74, 6) is -0.466. The fourth-order valence-corrected chi connectivity index (χ4v) is 2.32. The fraction of sp³-hybridized carbons (Fsp3) is 0.200. The van der Waals surface area contributed by atoms with Crippen LogP contribution in [0, 0.1) is 0 Å². The Bertz CT molecular complexity index is 979. The van der Waals surface area contributed by atoms with Crippen molar-refractivity contribution in [2.75, 3.05) is 12.8 Å². The third-order valence-electron chi connectivity index (χ3n) is 3.54. The van der Waals surface area contributed by atoms with E-state index < -0.39 is 5.91 Å². The Labute approximate surface area is 158 Å². The molecule has 0 radical (unpaired) electrons. The minimum absolute atomic E-state index is 0.000755. The molecule has 3 rings (SSSR count). The highest BCUT2D eigenvalue weighted by molar-refractivity contribution is 6.30. The second kappa shape index (κ2) is 7.93. The van der Waals surface area contributed by atoms with Crippen molar-refractivity contribution < 1.29 is 14.2 Å². The third kappa shape index (κ3) is 3.93. The number of hydrazone groups is 1. The molecule has 3 aromatic rings. The summed E-state index contributed by atoms with van der Waals surface area (Å²) in [5.41, 5.74) is 9.82. The van der Waals surface area contributed by atoms with Gasteiger partial charge in [0.05, 0.1) is 12.3 Å². The van der Waals surface area contributed by atoms with Crippen LogP contribution in [0.2, 0.25) is 5.02 Å². The Balaban J connectivity index is 1.84. The van der Waals surface area contributed by atoms with E-state index >= 15 is 0 Å². The Morgan fingerprint density at radius 1 is 1.37 bits per heavy atom. The van der Waals surface area contributed by atoms with Gasteiger partial charge in [-0.05, 0) is 34.9 Å². The molecule has 12 heteroatoms. The molecule has 0 saturated carbocycles. The minimum Gasteiger partial charge on any atom is -0.378 e. The van der Waals surface area contributed by atoms with Crippen molar-refractivity contribution in [3.8, 4) is 5.82 Å². The lowest BCUT2D eigenvalue weighted by atomic mass is 10.1. The molecule has 27 heavy (non-hydrogen) atoms. The summed E-state index contributed by atoms with van der Waals surface area (Å²) in [6, 6.07) is 7.05. The number of methoxy groups -OCH3 is 1. The summed E-state index contributed by atoms with van der Waals surface area (Å²) in [6.07, 6.45) is 0. The quantitative estimate of drug-likeness (QED) is 0.471. The van der Waals surface area contributed by atoms with Crippen LogP contribution >= 0.6 is 11.6 Å². The second-order valence-electron chi connectivity index (χ2n) is 5.35. The van der Waals surface area contributed by atoms with Gasteiger partial charge < -0.3 is 10.5 Å². The van der Waals surface area contributed by atoms with E-state index in [4.69, 9.17) is 22.1 Å². The third-order valence-corrected chi connectivity index (χ3v) is 3.79. The van der Waals surface area contributed by atoms with E-state index in [9.17, 15) is 4.79 Å². The molecule has 1 amide bonds. The molecule has 2 heterocycles. The maximum absolute atomic E-state index is 12.5. The number of halogens is 1. The number of anilines is 1. The Morgan fingerprint density at radius 3 is 2.74 bits per heavy atom. The van der Waals surface area contributed by atoms with E-state index in [-0.39, 0.29) is 23.9 Å². The van der Waals surface area contributed by atoms with Crippen LogP contribution in [-0.2, 0) is 11.3 Å². The summed E-state index contributed by atoms with van der Waals surface area (Å²) in [5, 5.41) is 19.5. The van der Waals surface area contributed by atoms with Crippen molar-refractivity contribution in [2.45, 2.75) is 13.5 Å². The average Bonchev–Trinajstić information content (AvgIpc) is 3.26. The summed E-state index contributed by atoms with van der Waals surface area (Å²) >= 11 is 5.86. The lowest BCUT2D eigenvalue weighted by Gasteiger charge is -2.05. The Hall–Kier alpha value is -3.31. The van der Waals surface area contributed by atoms with Crippen molar-refractivity contribution >= 4 is 29.0 Å². The maximum Gasteiger partial charge on any atom is 0.293 e. The van der Waals surface area contributed by atoms with E-state index in [1.807, 2.05) is 0 Å². The monoisotopic (exact) mass is 390 g/mol. The van der Waals surface area contributed by atoms with Crippen LogP contribution in [-0.4, -0.2) is 44.0 Å². The van der Waals surface area contributed by atoms with Gasteiger partial charge in [-0.3, -0.25) is 4.79 Å². The van der Waals surface area contributed by atoms with Crippen LogP contribution in [0.25, 0.3) is 5.82 Å². The Kier molecular flexibility index (Phi) is 5.43. The largest absolute Gasteiger partial charge is 0.378 e. The molecule has 0 spiro atoms. The molecule has 0 unspecified atom stereocenters. The topological polar surface area (TPSA) is 146 Å². The summed E-state index contributed by atoms with van der Waals surface area (Å²) in [6.45, 7) is 1.78. The number of nitrogens with two attached hydrogens (primary N) is 1. The Morgan fingerprint density at radius 2 is 2.11 bits per heavy atom. The highest BCUT2D eigenvalue weighted by Crippen LogP contribution is 2.16. The number of aromatic nitrogens is 5. The van der Waals surface area contributed by atoms with Gasteiger partial charge in [0.15, 0.2) is 5.69 Å². The number of benzene rings is 1. The van der Waals surface area contributed by atoms with E-state index in [1.165, 1.54) is 11.8 Å². The predicted molar refractivity (Wildman–Crippen MR) is 95.5 cm³/mol. The molecule has 0 saturated heterocycles. The van der Waals surface area contributed by atoms with E-state index in [2.05, 4.69) is 35.8 Å². The number of hydrogen-bond acceptors (Lipinski definition) is 9. The van der Waals surface area contributed by atoms with Gasteiger partial charge in [0, 0.05) is 12.1 Å². The highest BCUT2D eigenvalue weighted by atomic mass is 35.5. The lowest BCUT2D eigenvalue weighted by Crippen LogP contribution is -2.22. The van der Waals surface area contributed by atoms with Crippen LogP contribution in [0.5, 0.6) is 0 Å². The van der Waals surface area contributed by atoms with Crippen molar-refractivity contribution in [3.05, 3.63) is 46.2 Å². The first-order valence-corrected chi connectivity index (χ1v) is 8.01. The number of rotatable bonds is 6. The molecule has 1 aromatic carbocycles. The van der Waals surface area contributed by atoms with Crippen molar-refractivity contribution in [1.29, 1.82) is 0 Å². The standard InChI is InChI=1S/C15H15ClN8O3/c1-8(9-3-5-10(16)6-4-9)18-20-15(25)12-11(7-26-2)24(23-19-12)14-13(17)21-27-22-14/h3-6H,7H2,1-2H3,(H2,17,21)(H,20,25)/b18-8-. The number of hydrogen-bond donors (Lipinski definition) is 2. The normalized spacial score (nSPS) is 11.6. The second-order valence-corrected chi connectivity index (χ2v) is 5.78. The van der Waals surface area contributed by atoms with Gasteiger partial charge in [0.2, 0.25) is 11.6 Å². The molecule has 0 aliphatic rings. The predicted octanol–water partition coefficient (Wildman–Crippen LogP) is 1.19. The molecular formula is C15H15ClN8O3. The van der Waals surface area contributed by atoms with Gasteiger partial charge in [-0.2, -0.15) is 9.78 Å². The summed E-state index contributed by atoms with van der Waals surface area (Å²) < 4.78 is 10.9. The molecule has 0 atom stereocenters. The zero-order chi connectivity index (χ0) is 19.4. The molecule has 2 aromatic heterocycles. The average molecular weight is 391 g/mol. The summed E-state index contributed by atoms with van der Waals surface area (Å²) in [7, 11) is 1.46. The van der Waals surface area contributed by atoms with Gasteiger partial charge in [0.1, 0.15) is 5.69 Å². The zero-order valence-corrected chi connectivity index (χ0v) is 15.1. The minimum atomic E-state index is -0.573. The molecule has 0 aliphatic heterocycles. The summed E-state index contributed by atoms with van der Waals surface area (Å²) in [4.78, 5) is 12.5. The molecule has 3 N–H and O–H groups in total. The van der Waals surface area contributed by atoms with Gasteiger partial charge in [-0.25, -0.2) is 10.1 Å². The van der Waals surface area contributed by atoms with Crippen LogP contribution in [0.4, 0.5) is 5.82 Å². The number of carbonyl (C=O) groups is 1. The van der Waals surface area contributed by atoms with Crippen molar-refractivity contribution in [3.63, 3.8) is 0 Å². The van der Waals surface area contributed by atoms with E-state index in [0.717, 1.165) is 5.56 Å². The number of carbonyl (C=O) groups excluding carboxylic acids is 1. The number of nitrogen functional groups attached to an aromatic ring is 1. The number of nitrogens with zero attached hydrogens (tertiary/aromatic N) is 6. The first-order valence-electron chi connectivity index (χ1n) is 7.63. The van der Waals surface area contributed by atoms with Crippen molar-refractivity contribution in [2.24, 2.45) is 5.10 Å². The van der Waals surface area contributed by atoms with Crippen LogP contribution < -0.4 is 11.2 Å². The molecule has 11 nitrogen and oxygen atoms in total. The van der Waals surface area contributed by atoms with Gasteiger partial charge in [0.25, 0.3) is 5.91 Å². The molecule has 140 valence electrons. The SMILES string of the molecule is COCc1c(C(=O)N/N=C(/C)c2ccc(Cl)cc2)nnn1-c1nonc1N. The van der Waals surface area contributed by atoms with E-state index in [1.54, 1.807) is 31.2 Å². The first kappa shape index (κ1) is 18.5. The number of ether oxygens (including phenoxy) is 1. The number of nitrogens with one attached hydrogen (secondary N) is 1. The molecule has 0 fully saturated rings. The molecule has 0 aliphatic carbocycles. The zero-order valence-electron chi connectivity index (χ0n) is 14.4. The van der Waals surface area contributed by atoms with Crippen molar-refractivity contribution in [1.82, 2.24) is 30.7 Å². The first-order chi connectivity index (χ1) is 13.0. The van der Waals surface area contributed by atoms with Gasteiger partial charge in [-0.1, -0.05) is 28.9 Å². The van der Waals surface area contributed by atoms with Gasteiger partial charge >= 0.3 is 0 Å². The van der Waals surface area contributed by atoms with E-state index in [0.29, 0.717) is 16.4 Å². The highest BCUT2D eigenvalue weighted by Gasteiger charge is 2.23. The number of amides is 1.